The lowest BCUT2D eigenvalue weighted by Gasteiger charge is -2.08. The summed E-state index contributed by atoms with van der Waals surface area (Å²) in [5.41, 5.74) is 1.00. The molecule has 0 aliphatic rings. The Hall–Kier alpha value is -1.45. The third kappa shape index (κ3) is 4.80. The molecule has 0 N–H and O–H groups in total. The van der Waals surface area contributed by atoms with E-state index in [1.54, 1.807) is 6.20 Å². The molecule has 0 radical (unpaired) electrons. The van der Waals surface area contributed by atoms with E-state index in [1.807, 2.05) is 31.2 Å². The van der Waals surface area contributed by atoms with Crippen LogP contribution < -0.4 is 10.3 Å². The number of halogens is 2. The van der Waals surface area contributed by atoms with Crippen LogP contribution in [0.3, 0.4) is 0 Å². The van der Waals surface area contributed by atoms with Gasteiger partial charge in [-0.15, -0.1) is 0 Å². The third-order valence-corrected chi connectivity index (χ3v) is 3.57. The van der Waals surface area contributed by atoms with Gasteiger partial charge in [0.1, 0.15) is 10.8 Å². The number of nitrogens with zero attached hydrogens (tertiary/aromatic N) is 1. The SMILES string of the molecule is Cc1ccc(OCCCCn2cc(Cl)cc(Cl)c2=O)cc1. The number of aromatic nitrogens is 1. The number of ether oxygens (including phenoxy) is 1. The van der Waals surface area contributed by atoms with Crippen LogP contribution in [0, 0.1) is 6.92 Å². The second-order valence-corrected chi connectivity index (χ2v) is 5.72. The van der Waals surface area contributed by atoms with Gasteiger partial charge in [-0.25, -0.2) is 0 Å². The van der Waals surface area contributed by atoms with Crippen molar-refractivity contribution in [2.24, 2.45) is 0 Å². The summed E-state index contributed by atoms with van der Waals surface area (Å²) in [5.74, 6) is 0.864. The van der Waals surface area contributed by atoms with Gasteiger partial charge in [0.05, 0.1) is 11.6 Å². The molecule has 1 aromatic heterocycles. The van der Waals surface area contributed by atoms with Gasteiger partial charge in [-0.2, -0.15) is 0 Å². The minimum absolute atomic E-state index is 0.151. The summed E-state index contributed by atoms with van der Waals surface area (Å²) in [4.78, 5) is 11.8. The molecule has 5 heteroatoms. The van der Waals surface area contributed by atoms with E-state index in [-0.39, 0.29) is 10.6 Å². The molecular formula is C16H17Cl2NO2. The van der Waals surface area contributed by atoms with E-state index < -0.39 is 0 Å². The van der Waals surface area contributed by atoms with Gasteiger partial charge in [-0.3, -0.25) is 4.79 Å². The van der Waals surface area contributed by atoms with Crippen molar-refractivity contribution in [2.45, 2.75) is 26.3 Å². The number of pyridine rings is 1. The summed E-state index contributed by atoms with van der Waals surface area (Å²) in [6, 6.07) is 9.40. The highest BCUT2D eigenvalue weighted by Crippen LogP contribution is 2.13. The summed E-state index contributed by atoms with van der Waals surface area (Å²) in [6.07, 6.45) is 3.28. The average molecular weight is 326 g/mol. The van der Waals surface area contributed by atoms with Crippen molar-refractivity contribution in [3.8, 4) is 5.75 Å². The Morgan fingerprint density at radius 3 is 2.57 bits per heavy atom. The molecular weight excluding hydrogens is 309 g/mol. The van der Waals surface area contributed by atoms with Gasteiger partial charge in [-0.1, -0.05) is 40.9 Å². The first-order valence-corrected chi connectivity index (χ1v) is 7.57. The number of unbranched alkanes of at least 4 members (excludes halogenated alkanes) is 1. The van der Waals surface area contributed by atoms with Gasteiger partial charge < -0.3 is 9.30 Å². The minimum Gasteiger partial charge on any atom is -0.494 e. The van der Waals surface area contributed by atoms with Crippen LogP contribution in [-0.4, -0.2) is 11.2 Å². The second kappa shape index (κ2) is 7.53. The van der Waals surface area contributed by atoms with Gasteiger partial charge in [0.25, 0.3) is 5.56 Å². The Balaban J connectivity index is 1.77. The first-order chi connectivity index (χ1) is 10.1. The predicted octanol–water partition coefficient (Wildman–Crippen LogP) is 4.32. The molecule has 2 rings (SSSR count). The van der Waals surface area contributed by atoms with Crippen molar-refractivity contribution in [1.29, 1.82) is 0 Å². The molecule has 0 saturated heterocycles. The first kappa shape index (κ1) is 15.9. The molecule has 3 nitrogen and oxygen atoms in total. The fourth-order valence-electron chi connectivity index (χ4n) is 1.94. The number of hydrogen-bond donors (Lipinski definition) is 0. The molecule has 0 amide bonds. The average Bonchev–Trinajstić information content (AvgIpc) is 2.45. The summed E-state index contributed by atoms with van der Waals surface area (Å²) >= 11 is 11.7. The predicted molar refractivity (Wildman–Crippen MR) is 86.6 cm³/mol. The highest BCUT2D eigenvalue weighted by atomic mass is 35.5. The van der Waals surface area contributed by atoms with Crippen molar-refractivity contribution in [2.75, 3.05) is 6.61 Å². The molecule has 2 aromatic rings. The Kier molecular flexibility index (Phi) is 5.71. The highest BCUT2D eigenvalue weighted by molar-refractivity contribution is 6.34. The lowest BCUT2D eigenvalue weighted by molar-refractivity contribution is 0.303. The van der Waals surface area contributed by atoms with Crippen LogP contribution in [0.15, 0.2) is 41.3 Å². The molecule has 1 aromatic carbocycles. The van der Waals surface area contributed by atoms with Crippen molar-refractivity contribution >= 4 is 23.2 Å². The molecule has 0 aliphatic carbocycles. The topological polar surface area (TPSA) is 31.2 Å². The number of benzene rings is 1. The van der Waals surface area contributed by atoms with Gasteiger partial charge >= 0.3 is 0 Å². The molecule has 0 saturated carbocycles. The van der Waals surface area contributed by atoms with Crippen LogP contribution in [0.4, 0.5) is 0 Å². The summed E-state index contributed by atoms with van der Waals surface area (Å²) in [5, 5.41) is 0.619. The summed E-state index contributed by atoms with van der Waals surface area (Å²) < 4.78 is 7.18. The fourth-order valence-corrected chi connectivity index (χ4v) is 2.45. The number of rotatable bonds is 6. The minimum atomic E-state index is -0.208. The lowest BCUT2D eigenvalue weighted by Crippen LogP contribution is -2.20. The van der Waals surface area contributed by atoms with Crippen LogP contribution in [0.25, 0.3) is 0 Å². The molecule has 0 spiro atoms. The fraction of sp³-hybridized carbons (Fsp3) is 0.312. The standard InChI is InChI=1S/C16H17Cl2NO2/c1-12-4-6-14(7-5-12)21-9-3-2-8-19-11-13(17)10-15(18)16(19)20/h4-7,10-11H,2-3,8-9H2,1H3. The van der Waals surface area contributed by atoms with Gasteiger partial charge in [-0.05, 0) is 38.0 Å². The molecule has 0 atom stereocenters. The zero-order chi connectivity index (χ0) is 15.2. The molecule has 112 valence electrons. The molecule has 0 unspecified atom stereocenters. The molecule has 1 heterocycles. The van der Waals surface area contributed by atoms with E-state index in [0.29, 0.717) is 18.2 Å². The van der Waals surface area contributed by atoms with Crippen LogP contribution >= 0.6 is 23.2 Å². The Morgan fingerprint density at radius 2 is 1.86 bits per heavy atom. The zero-order valence-corrected chi connectivity index (χ0v) is 13.3. The van der Waals surface area contributed by atoms with E-state index in [9.17, 15) is 4.79 Å². The molecule has 0 fully saturated rings. The summed E-state index contributed by atoms with van der Waals surface area (Å²) in [7, 11) is 0. The largest absolute Gasteiger partial charge is 0.494 e. The Morgan fingerprint density at radius 1 is 1.14 bits per heavy atom. The van der Waals surface area contributed by atoms with E-state index in [0.717, 1.165) is 18.6 Å². The van der Waals surface area contributed by atoms with E-state index in [4.69, 9.17) is 27.9 Å². The maximum atomic E-state index is 11.8. The van der Waals surface area contributed by atoms with Gasteiger partial charge in [0, 0.05) is 12.7 Å². The third-order valence-electron chi connectivity index (χ3n) is 3.09. The van der Waals surface area contributed by atoms with E-state index in [1.165, 1.54) is 16.2 Å². The van der Waals surface area contributed by atoms with Crippen LogP contribution in [0.2, 0.25) is 10.0 Å². The Bertz CT molecular complexity index is 650. The molecule has 21 heavy (non-hydrogen) atoms. The monoisotopic (exact) mass is 325 g/mol. The maximum Gasteiger partial charge on any atom is 0.269 e. The first-order valence-electron chi connectivity index (χ1n) is 6.81. The van der Waals surface area contributed by atoms with Crippen molar-refractivity contribution < 1.29 is 4.74 Å². The number of hydrogen-bond acceptors (Lipinski definition) is 2. The highest BCUT2D eigenvalue weighted by Gasteiger charge is 2.03. The Labute approximate surface area is 134 Å². The molecule has 0 bridgehead atoms. The number of aryl methyl sites for hydroxylation is 2. The maximum absolute atomic E-state index is 11.8. The van der Waals surface area contributed by atoms with Crippen LogP contribution in [-0.2, 0) is 6.54 Å². The van der Waals surface area contributed by atoms with Crippen molar-refractivity contribution in [3.63, 3.8) is 0 Å². The summed E-state index contributed by atoms with van der Waals surface area (Å²) in [6.45, 7) is 3.24. The molecule has 0 aliphatic heterocycles. The van der Waals surface area contributed by atoms with Crippen molar-refractivity contribution in [1.82, 2.24) is 4.57 Å². The second-order valence-electron chi connectivity index (χ2n) is 4.87. The van der Waals surface area contributed by atoms with E-state index >= 15 is 0 Å². The van der Waals surface area contributed by atoms with Crippen molar-refractivity contribution in [3.05, 3.63) is 62.5 Å². The van der Waals surface area contributed by atoms with Crippen LogP contribution in [0.5, 0.6) is 5.75 Å². The smallest absolute Gasteiger partial charge is 0.269 e. The zero-order valence-electron chi connectivity index (χ0n) is 11.8. The van der Waals surface area contributed by atoms with Gasteiger partial charge in [0.2, 0.25) is 0 Å². The lowest BCUT2D eigenvalue weighted by atomic mass is 10.2. The van der Waals surface area contributed by atoms with E-state index in [2.05, 4.69) is 0 Å². The normalized spacial score (nSPS) is 10.6. The quantitative estimate of drug-likeness (QED) is 0.740. The van der Waals surface area contributed by atoms with Crippen LogP contribution in [0.1, 0.15) is 18.4 Å². The van der Waals surface area contributed by atoms with Gasteiger partial charge in [0.15, 0.2) is 0 Å².